The Balaban J connectivity index is -0.0000000784. The van der Waals surface area contributed by atoms with E-state index < -0.39 is 195 Å². The van der Waals surface area contributed by atoms with Crippen molar-refractivity contribution in [3.05, 3.63) is 0 Å². The van der Waals surface area contributed by atoms with Gasteiger partial charge in [0, 0.05) is 6.42 Å². The summed E-state index contributed by atoms with van der Waals surface area (Å²) < 4.78 is 0. The first-order valence-corrected chi connectivity index (χ1v) is 25.5. The van der Waals surface area contributed by atoms with Crippen LogP contribution < -0.4 is 74.5 Å². The second-order valence-electron chi connectivity index (χ2n) is 17.6. The molecule has 0 rings (SSSR count). The minimum atomic E-state index is -1.29. The quantitative estimate of drug-likeness (QED) is 0.0331. The molecule has 0 aliphatic heterocycles. The van der Waals surface area contributed by atoms with Crippen molar-refractivity contribution in [2.75, 3.05) is 32.9 Å². The number of carboxylic acid groups (broad SMARTS) is 15. The molecule has 556 valence electrons. The highest BCUT2D eigenvalue weighted by atomic mass is 16.4. The lowest BCUT2D eigenvalue weighted by atomic mass is 10.0. The van der Waals surface area contributed by atoms with E-state index in [9.17, 15) is 76.7 Å². The van der Waals surface area contributed by atoms with Crippen molar-refractivity contribution in [2.24, 2.45) is 86.4 Å². The van der Waals surface area contributed by atoms with Crippen molar-refractivity contribution in [3.8, 4) is 0 Å². The lowest BCUT2D eigenvalue weighted by Crippen LogP contribution is -2.39. The Kier molecular flexibility index (Phi) is 85.3. The maximum atomic E-state index is 10.2. The van der Waals surface area contributed by atoms with E-state index in [-0.39, 0.29) is 38.3 Å². The first kappa shape index (κ1) is 112. The van der Waals surface area contributed by atoms with Gasteiger partial charge in [-0.05, 0) is 31.6 Å². The molecule has 0 radical (unpaired) electrons. The fourth-order valence-electron chi connectivity index (χ4n) is 2.80. The van der Waals surface area contributed by atoms with Gasteiger partial charge in [0.2, 0.25) is 5.91 Å². The predicted octanol–water partition coefficient (Wildman–Crippen LogP) is -11.8. The third-order valence-corrected chi connectivity index (χ3v) is 8.43. The number of primary amides is 1. The van der Waals surface area contributed by atoms with E-state index in [4.69, 9.17) is 154 Å². The standard InChI is InChI=1S/2C6H13NO2.C5H9NO4.C4H8N2O3.2C4H7NO4.C4H9NO3.3C3H7NO3.2C2H5NO2/c1-4(2)3-5(7)6(8)9;1-3-4(2)5(7)6(8)9;6-3(5(9)10)1-2-4(7)8;3*5-2(4(8)9)1-3(6)7;1-2(6)3(5)4(7)8;3*4-2(1-5)3(6)7;2*3-1-2(4)5/h2*4-5H,3,7H2,1-2H3,(H,8,9);3H,1-2,6H2,(H,7,8)(H,9,10);2H,1,5H2,(H2,6,7)(H,8,9);2*2H,1,5H2,(H,6,7)(H,8,9);2-3,6H,5H2,1H3,(H,7,8);3*2,5H,1,4H2,(H,6,7);2*1,3H2,(H,4,5)/t5-;4-,5-;3-;3*2-;2-,3+;3*2-;;/m0000001000../s1. The number of carbonyl (C=O) groups is 16. The minimum Gasteiger partial charge on any atom is -0.481 e. The fraction of sp³-hybridized carbons (Fsp3) is 0.652. The molecule has 48 heteroatoms. The molecule has 0 aliphatic rings. The Morgan fingerprint density at radius 2 is 0.564 bits per heavy atom. The van der Waals surface area contributed by atoms with E-state index in [0.29, 0.717) is 12.3 Å². The smallest absolute Gasteiger partial charge is 0.323 e. The average molecular weight is 1390 g/mol. The Labute approximate surface area is 533 Å². The highest BCUT2D eigenvalue weighted by Gasteiger charge is 2.19. The highest BCUT2D eigenvalue weighted by Crippen LogP contribution is 2.04. The summed E-state index contributed by atoms with van der Waals surface area (Å²) >= 11 is 0. The molecule has 0 heterocycles. The molecule has 94 heavy (non-hydrogen) atoms. The van der Waals surface area contributed by atoms with Crippen LogP contribution >= 0.6 is 0 Å². The molecule has 0 unspecified atom stereocenters. The number of nitrogens with two attached hydrogens (primary N) is 13. The van der Waals surface area contributed by atoms with Crippen LogP contribution in [0.3, 0.4) is 0 Å². The van der Waals surface area contributed by atoms with Crippen LogP contribution in [0.2, 0.25) is 0 Å². The molecule has 45 N–H and O–H groups in total. The number of carboxylic acids is 15. The summed E-state index contributed by atoms with van der Waals surface area (Å²) in [7, 11) is 0. The molecular weight excluding hydrogens is 1290 g/mol. The van der Waals surface area contributed by atoms with Crippen LogP contribution in [0.25, 0.3) is 0 Å². The number of hydrogen-bond donors (Lipinski definition) is 32. The Hall–Kier alpha value is -9.12. The maximum absolute atomic E-state index is 10.2. The van der Waals surface area contributed by atoms with Crippen LogP contribution in [0.5, 0.6) is 0 Å². The van der Waals surface area contributed by atoms with Gasteiger partial charge in [-0.15, -0.1) is 0 Å². The van der Waals surface area contributed by atoms with Gasteiger partial charge in [-0.2, -0.15) is 0 Å². The van der Waals surface area contributed by atoms with Gasteiger partial charge in [-0.25, -0.2) is 0 Å². The number of hydrogen-bond acceptors (Lipinski definition) is 32. The second kappa shape index (κ2) is 71.3. The number of amides is 1. The highest BCUT2D eigenvalue weighted by molar-refractivity contribution is 5.83. The van der Waals surface area contributed by atoms with Gasteiger partial charge in [0.15, 0.2) is 0 Å². The zero-order chi connectivity index (χ0) is 78.2. The minimum absolute atomic E-state index is 0.0231. The molecule has 1 amide bonds. The fourth-order valence-corrected chi connectivity index (χ4v) is 2.80. The van der Waals surface area contributed by atoms with Gasteiger partial charge >= 0.3 is 89.5 Å². The molecule has 0 aliphatic carbocycles. The van der Waals surface area contributed by atoms with Gasteiger partial charge < -0.3 is 172 Å². The predicted molar refractivity (Wildman–Crippen MR) is 317 cm³/mol. The lowest BCUT2D eigenvalue weighted by molar-refractivity contribution is -0.144. The summed E-state index contributed by atoms with van der Waals surface area (Å²) in [6, 6.07) is -10.7. The third-order valence-electron chi connectivity index (χ3n) is 8.43. The Bertz CT molecular complexity index is 2050. The summed E-state index contributed by atoms with van der Waals surface area (Å²) in [5.41, 5.74) is 63.1. The van der Waals surface area contributed by atoms with Crippen LogP contribution in [0.4, 0.5) is 0 Å². The van der Waals surface area contributed by atoms with Crippen LogP contribution in [0.15, 0.2) is 0 Å². The summed E-state index contributed by atoms with van der Waals surface area (Å²) in [5, 5.41) is 153. The SMILES string of the molecule is CC(C)C[C@H](N)C(=O)O.CC[C@H](C)[C@H](N)C(=O)O.C[C@@H](O)[C@H](N)C(=O)O.NC(=O)C[C@H](N)C(=O)O.NCC(=O)O.NCC(=O)O.N[C@@H](CC(=O)O)C(=O)O.N[C@@H](CC(=O)O)C(=O)O.N[C@@H](CCC(=O)O)C(=O)O.N[C@@H](CO)C(=O)O.N[C@@H](CO)C(=O)O.N[C@@H](CO)C(=O)O. The number of aliphatic hydroxyl groups excluding tert-OH is 4. The van der Waals surface area contributed by atoms with E-state index in [2.05, 4.69) is 17.2 Å². The number of carbonyl (C=O) groups excluding carboxylic acids is 1. The van der Waals surface area contributed by atoms with Crippen molar-refractivity contribution in [2.45, 2.75) is 146 Å². The van der Waals surface area contributed by atoms with Crippen molar-refractivity contribution in [3.63, 3.8) is 0 Å². The normalized spacial score (nSPS) is 13.1. The molecule has 0 aromatic rings. The lowest BCUT2D eigenvalue weighted by Gasteiger charge is -2.11. The van der Waals surface area contributed by atoms with Gasteiger partial charge in [0.1, 0.15) is 60.4 Å². The third kappa shape index (κ3) is 108. The molecule has 48 nitrogen and oxygen atoms in total. The van der Waals surface area contributed by atoms with Crippen LogP contribution in [0.1, 0.15) is 79.6 Å². The monoisotopic (exact) mass is 1390 g/mol. The molecule has 0 aromatic carbocycles. The molecule has 0 fully saturated rings. The van der Waals surface area contributed by atoms with E-state index in [0.717, 1.165) is 6.42 Å². The van der Waals surface area contributed by atoms with Gasteiger partial charge in [-0.1, -0.05) is 34.1 Å². The molecule has 0 spiro atoms. The summed E-state index contributed by atoms with van der Waals surface area (Å²) in [4.78, 5) is 157. The zero-order valence-corrected chi connectivity index (χ0v) is 51.5. The molecule has 0 saturated heterocycles. The van der Waals surface area contributed by atoms with E-state index in [1.807, 2.05) is 27.7 Å². The number of aliphatic hydroxyl groups is 4. The van der Waals surface area contributed by atoms with Gasteiger partial charge in [-0.3, -0.25) is 76.7 Å². The molecule has 0 bridgehead atoms. The van der Waals surface area contributed by atoms with E-state index in [1.165, 1.54) is 6.92 Å². The first-order valence-electron chi connectivity index (χ1n) is 25.5. The molecular formula is C46H97N13O35. The summed E-state index contributed by atoms with van der Waals surface area (Å²) in [6.45, 7) is 6.91. The van der Waals surface area contributed by atoms with Crippen LogP contribution in [-0.4, -0.2) is 292 Å². The zero-order valence-electron chi connectivity index (χ0n) is 51.5. The molecule has 12 atom stereocenters. The van der Waals surface area contributed by atoms with Crippen LogP contribution in [0, 0.1) is 11.8 Å². The molecule has 0 aromatic heterocycles. The first-order chi connectivity index (χ1) is 42.4. The van der Waals surface area contributed by atoms with Crippen LogP contribution in [-0.2, 0) is 76.7 Å². The molecule has 0 saturated carbocycles. The summed E-state index contributed by atoms with van der Waals surface area (Å²) in [5.74, 6) is -17.2. The van der Waals surface area contributed by atoms with Gasteiger partial charge in [0.05, 0.1) is 58.3 Å². The maximum Gasteiger partial charge on any atom is 0.323 e. The number of aliphatic carboxylic acids is 15. The van der Waals surface area contributed by atoms with Crippen molar-refractivity contribution < 1.29 is 174 Å². The Morgan fingerprint density at radius 1 is 0.330 bits per heavy atom. The van der Waals surface area contributed by atoms with Crippen molar-refractivity contribution in [1.29, 1.82) is 0 Å². The van der Waals surface area contributed by atoms with E-state index >= 15 is 0 Å². The van der Waals surface area contributed by atoms with Crippen molar-refractivity contribution in [1.82, 2.24) is 0 Å². The van der Waals surface area contributed by atoms with E-state index in [1.54, 1.807) is 0 Å². The van der Waals surface area contributed by atoms with Gasteiger partial charge in [0.25, 0.3) is 0 Å². The average Bonchev–Trinajstić information content (AvgIpc) is 3.45. The largest absolute Gasteiger partial charge is 0.481 e. The van der Waals surface area contributed by atoms with Crippen molar-refractivity contribution >= 4 is 95.4 Å². The topological polar surface area (TPSA) is 996 Å². The summed E-state index contributed by atoms with van der Waals surface area (Å²) in [6.07, 6.45) is -1.21. The number of rotatable bonds is 29. The Morgan fingerprint density at radius 3 is 0.638 bits per heavy atom. The second-order valence-corrected chi connectivity index (χ2v) is 17.6.